The highest BCUT2D eigenvalue weighted by Gasteiger charge is 2.36. The van der Waals surface area contributed by atoms with Crippen LogP contribution in [-0.2, 0) is 0 Å². The van der Waals surface area contributed by atoms with Gasteiger partial charge in [0.1, 0.15) is 0 Å². The topological polar surface area (TPSA) is 32.3 Å². The number of nitrogens with zero attached hydrogens (tertiary/aromatic N) is 1. The molecular formula is C25H38N2O. The Labute approximate surface area is 171 Å². The Balaban J connectivity index is 1.68. The van der Waals surface area contributed by atoms with Crippen molar-refractivity contribution in [3.8, 4) is 0 Å². The highest BCUT2D eigenvalue weighted by atomic mass is 16.1. The lowest BCUT2D eigenvalue weighted by molar-refractivity contribution is 0.0910. The quantitative estimate of drug-likeness (QED) is 0.649. The monoisotopic (exact) mass is 382 g/mol. The van der Waals surface area contributed by atoms with E-state index in [9.17, 15) is 4.79 Å². The maximum absolute atomic E-state index is 12.6. The summed E-state index contributed by atoms with van der Waals surface area (Å²) in [6.45, 7) is 14.3. The van der Waals surface area contributed by atoms with Gasteiger partial charge in [-0.25, -0.2) is 0 Å². The van der Waals surface area contributed by atoms with Gasteiger partial charge < -0.3 is 10.2 Å². The van der Waals surface area contributed by atoms with Gasteiger partial charge in [-0.05, 0) is 101 Å². The Morgan fingerprint density at radius 1 is 1.25 bits per heavy atom. The van der Waals surface area contributed by atoms with Crippen molar-refractivity contribution in [1.82, 2.24) is 10.2 Å². The second kappa shape index (κ2) is 9.26. The van der Waals surface area contributed by atoms with Crippen LogP contribution in [0.15, 0.2) is 29.8 Å². The van der Waals surface area contributed by atoms with Gasteiger partial charge in [-0.3, -0.25) is 4.79 Å². The molecule has 1 aromatic carbocycles. The molecule has 154 valence electrons. The second-order valence-corrected chi connectivity index (χ2v) is 9.15. The number of carbonyl (C=O) groups excluding carboxylic acids is 1. The number of piperidine rings is 1. The predicted octanol–water partition coefficient (Wildman–Crippen LogP) is 5.31. The summed E-state index contributed by atoms with van der Waals surface area (Å²) in [6, 6.07) is 6.89. The van der Waals surface area contributed by atoms with E-state index in [1.54, 1.807) is 0 Å². The highest BCUT2D eigenvalue weighted by molar-refractivity contribution is 5.94. The first-order chi connectivity index (χ1) is 13.4. The Bertz CT molecular complexity index is 719. The van der Waals surface area contributed by atoms with Crippen LogP contribution in [0.25, 0.3) is 0 Å². The minimum atomic E-state index is 0.0528. The Kier molecular flexibility index (Phi) is 6.98. The van der Waals surface area contributed by atoms with Gasteiger partial charge in [0.05, 0.1) is 0 Å². The van der Waals surface area contributed by atoms with Crippen molar-refractivity contribution in [1.29, 1.82) is 0 Å². The summed E-state index contributed by atoms with van der Waals surface area (Å²) in [5.74, 6) is 2.16. The molecule has 0 aromatic heterocycles. The smallest absolute Gasteiger partial charge is 0.251 e. The number of amides is 1. The molecule has 0 bridgehead atoms. The largest absolute Gasteiger partial charge is 0.352 e. The van der Waals surface area contributed by atoms with E-state index in [1.165, 1.54) is 49.1 Å². The van der Waals surface area contributed by atoms with E-state index in [4.69, 9.17) is 0 Å². The van der Waals surface area contributed by atoms with Crippen LogP contribution in [0.2, 0.25) is 0 Å². The molecule has 2 fully saturated rings. The van der Waals surface area contributed by atoms with Crippen LogP contribution in [0.1, 0.15) is 80.8 Å². The number of aryl methyl sites for hydroxylation is 1. The Morgan fingerprint density at radius 2 is 2.00 bits per heavy atom. The zero-order valence-electron chi connectivity index (χ0n) is 18.4. The second-order valence-electron chi connectivity index (χ2n) is 9.15. The van der Waals surface area contributed by atoms with E-state index in [0.717, 1.165) is 17.9 Å². The van der Waals surface area contributed by atoms with Crippen LogP contribution in [0.3, 0.4) is 0 Å². The maximum atomic E-state index is 12.6. The molecule has 3 unspecified atom stereocenters. The summed E-state index contributed by atoms with van der Waals surface area (Å²) in [6.07, 6.45) is 7.06. The third-order valence-electron chi connectivity index (χ3n) is 7.13. The normalized spacial score (nSPS) is 26.3. The van der Waals surface area contributed by atoms with Crippen molar-refractivity contribution in [2.75, 3.05) is 19.6 Å². The third-order valence-corrected chi connectivity index (χ3v) is 7.13. The molecule has 1 heterocycles. The Hall–Kier alpha value is -1.61. The van der Waals surface area contributed by atoms with Crippen LogP contribution in [-0.4, -0.2) is 36.5 Å². The summed E-state index contributed by atoms with van der Waals surface area (Å²) < 4.78 is 0. The molecule has 3 rings (SSSR count). The lowest BCUT2D eigenvalue weighted by Crippen LogP contribution is -2.46. The molecule has 1 saturated carbocycles. The van der Waals surface area contributed by atoms with E-state index in [1.807, 2.05) is 13.0 Å². The number of carbonyl (C=O) groups is 1. The van der Waals surface area contributed by atoms with Gasteiger partial charge in [0.25, 0.3) is 5.91 Å². The number of rotatable bonds is 7. The van der Waals surface area contributed by atoms with E-state index in [-0.39, 0.29) is 5.91 Å². The number of hydrogen-bond acceptors (Lipinski definition) is 2. The SMILES string of the molecule is C/C=C(\C)CCNC(=O)c1ccc(C)c(C2CCN(CC3CC3)C(C)C2C)c1. The van der Waals surface area contributed by atoms with E-state index in [2.05, 4.69) is 56.1 Å². The standard InChI is InChI=1S/C25H38N2O/c1-6-17(2)11-13-26-25(28)22-10-7-18(3)24(15-22)23-12-14-27(16-21-8-9-21)20(5)19(23)4/h6-7,10,15,19-21,23H,8-9,11-14,16H2,1-5H3,(H,26,28)/b17-6+. The molecule has 3 nitrogen and oxygen atoms in total. The van der Waals surface area contributed by atoms with Crippen molar-refractivity contribution in [3.05, 3.63) is 46.5 Å². The molecule has 1 aliphatic carbocycles. The number of nitrogens with one attached hydrogen (secondary N) is 1. The minimum absolute atomic E-state index is 0.0528. The molecule has 2 aliphatic rings. The molecule has 1 aliphatic heterocycles. The fourth-order valence-corrected chi connectivity index (χ4v) is 4.57. The first kappa shape index (κ1) is 21.1. The maximum Gasteiger partial charge on any atom is 0.251 e. The summed E-state index contributed by atoms with van der Waals surface area (Å²) in [5, 5.41) is 3.08. The van der Waals surface area contributed by atoms with Crippen LogP contribution < -0.4 is 5.32 Å². The lowest BCUT2D eigenvalue weighted by Gasteiger charge is -2.43. The zero-order valence-corrected chi connectivity index (χ0v) is 18.4. The van der Waals surface area contributed by atoms with Gasteiger partial charge >= 0.3 is 0 Å². The molecule has 0 spiro atoms. The molecule has 1 saturated heterocycles. The van der Waals surface area contributed by atoms with E-state index in [0.29, 0.717) is 24.4 Å². The van der Waals surface area contributed by atoms with Gasteiger partial charge in [0, 0.05) is 24.7 Å². The van der Waals surface area contributed by atoms with Gasteiger partial charge in [-0.1, -0.05) is 24.6 Å². The van der Waals surface area contributed by atoms with Crippen molar-refractivity contribution < 1.29 is 4.79 Å². The van der Waals surface area contributed by atoms with Crippen LogP contribution in [0.4, 0.5) is 0 Å². The minimum Gasteiger partial charge on any atom is -0.352 e. The number of hydrogen-bond donors (Lipinski definition) is 1. The van der Waals surface area contributed by atoms with Crippen molar-refractivity contribution in [2.45, 2.75) is 72.3 Å². The summed E-state index contributed by atoms with van der Waals surface area (Å²) in [5.41, 5.74) is 4.81. The van der Waals surface area contributed by atoms with Crippen LogP contribution in [0.5, 0.6) is 0 Å². The molecule has 0 radical (unpaired) electrons. The van der Waals surface area contributed by atoms with Crippen molar-refractivity contribution in [3.63, 3.8) is 0 Å². The molecule has 1 aromatic rings. The summed E-state index contributed by atoms with van der Waals surface area (Å²) in [7, 11) is 0. The molecule has 3 heteroatoms. The molecule has 1 N–H and O–H groups in total. The third kappa shape index (κ3) is 5.05. The van der Waals surface area contributed by atoms with Gasteiger partial charge in [-0.2, -0.15) is 0 Å². The van der Waals surface area contributed by atoms with E-state index >= 15 is 0 Å². The molecule has 1 amide bonds. The summed E-state index contributed by atoms with van der Waals surface area (Å²) >= 11 is 0. The zero-order chi connectivity index (χ0) is 20.3. The first-order valence-electron chi connectivity index (χ1n) is 11.1. The molecule has 3 atom stereocenters. The Morgan fingerprint density at radius 3 is 2.68 bits per heavy atom. The molecular weight excluding hydrogens is 344 g/mol. The average Bonchev–Trinajstić information content (AvgIpc) is 3.50. The van der Waals surface area contributed by atoms with Crippen molar-refractivity contribution >= 4 is 5.91 Å². The van der Waals surface area contributed by atoms with Gasteiger partial charge in [0.15, 0.2) is 0 Å². The summed E-state index contributed by atoms with van der Waals surface area (Å²) in [4.78, 5) is 15.4. The fraction of sp³-hybridized carbons (Fsp3) is 0.640. The highest BCUT2D eigenvalue weighted by Crippen LogP contribution is 2.40. The number of benzene rings is 1. The van der Waals surface area contributed by atoms with Gasteiger partial charge in [-0.15, -0.1) is 0 Å². The first-order valence-corrected chi connectivity index (χ1v) is 11.1. The van der Waals surface area contributed by atoms with E-state index < -0.39 is 0 Å². The predicted molar refractivity (Wildman–Crippen MR) is 118 cm³/mol. The number of likely N-dealkylation sites (tertiary alicyclic amines) is 1. The molecule has 28 heavy (non-hydrogen) atoms. The van der Waals surface area contributed by atoms with Crippen molar-refractivity contribution in [2.24, 2.45) is 11.8 Å². The average molecular weight is 383 g/mol. The van der Waals surface area contributed by atoms with Gasteiger partial charge in [0.2, 0.25) is 0 Å². The van der Waals surface area contributed by atoms with Crippen LogP contribution >= 0.6 is 0 Å². The number of allylic oxidation sites excluding steroid dienone is 1. The van der Waals surface area contributed by atoms with Crippen LogP contribution in [0, 0.1) is 18.8 Å². The lowest BCUT2D eigenvalue weighted by atomic mass is 9.75. The fourth-order valence-electron chi connectivity index (χ4n) is 4.57.